The Morgan fingerprint density at radius 2 is 0.865 bits per heavy atom. The number of aliphatic hydroxyl groups is 7. The molecule has 4 unspecified atom stereocenters. The van der Waals surface area contributed by atoms with Gasteiger partial charge in [-0.05, 0) is 77.0 Å². The number of hydrogen-bond donors (Lipinski definition) is 7. The van der Waals surface area contributed by atoms with Crippen LogP contribution in [0.1, 0.15) is 194 Å². The van der Waals surface area contributed by atoms with E-state index in [2.05, 4.69) is 74.6 Å². The quantitative estimate of drug-likeness (QED) is 0.0171. The SMILES string of the molecule is CC/C=C/C/C=C/C/C=C/C/C=C/C/C=C/CCCC(=O)O[C@@H](COC(=O)CCCCCCCCCCCCC/C=C/CCCCCCCC)CO[C@@H]1O[C@H](CO[C@@H]2O[C@H](CO)[C@H](O)C(O)C2O)[C@H](O)C(O)C1O. The Labute approximate surface area is 444 Å². The highest BCUT2D eigenvalue weighted by molar-refractivity contribution is 5.70. The molecule has 11 atom stereocenters. The van der Waals surface area contributed by atoms with Gasteiger partial charge < -0.3 is 64.2 Å². The fourth-order valence-corrected chi connectivity index (χ4v) is 8.54. The summed E-state index contributed by atoms with van der Waals surface area (Å²) in [6.45, 7) is 2.42. The van der Waals surface area contributed by atoms with E-state index in [1.54, 1.807) is 0 Å². The van der Waals surface area contributed by atoms with E-state index in [9.17, 15) is 45.3 Å². The molecule has 0 bridgehead atoms. The molecule has 2 aliphatic heterocycles. The summed E-state index contributed by atoms with van der Waals surface area (Å²) in [5.41, 5.74) is 0. The van der Waals surface area contributed by atoms with E-state index in [0.717, 1.165) is 51.4 Å². The monoisotopic (exact) mass is 1050 g/mol. The first-order valence-electron chi connectivity index (χ1n) is 28.5. The highest BCUT2D eigenvalue weighted by atomic mass is 16.7. The number of allylic oxidation sites excluding steroid dienone is 12. The Morgan fingerprint density at radius 3 is 1.39 bits per heavy atom. The zero-order valence-corrected chi connectivity index (χ0v) is 45.3. The van der Waals surface area contributed by atoms with E-state index < -0.39 is 99.3 Å². The van der Waals surface area contributed by atoms with E-state index in [-0.39, 0.29) is 19.4 Å². The summed E-state index contributed by atoms with van der Waals surface area (Å²) < 4.78 is 33.6. The van der Waals surface area contributed by atoms with Crippen LogP contribution in [0.25, 0.3) is 0 Å². The highest BCUT2D eigenvalue weighted by Crippen LogP contribution is 2.26. The van der Waals surface area contributed by atoms with E-state index in [1.807, 2.05) is 12.2 Å². The molecule has 7 N–H and O–H groups in total. The summed E-state index contributed by atoms with van der Waals surface area (Å²) in [6, 6.07) is 0. The largest absolute Gasteiger partial charge is 0.462 e. The van der Waals surface area contributed by atoms with E-state index in [0.29, 0.717) is 19.3 Å². The smallest absolute Gasteiger partial charge is 0.306 e. The van der Waals surface area contributed by atoms with Gasteiger partial charge in [-0.25, -0.2) is 0 Å². The van der Waals surface area contributed by atoms with E-state index in [1.165, 1.54) is 96.3 Å². The molecule has 0 aromatic rings. The van der Waals surface area contributed by atoms with Crippen molar-refractivity contribution in [1.82, 2.24) is 0 Å². The maximum atomic E-state index is 13.0. The molecule has 0 aromatic heterocycles. The van der Waals surface area contributed by atoms with Crippen molar-refractivity contribution in [2.45, 2.75) is 261 Å². The molecular weight excluding hydrogens is 949 g/mol. The summed E-state index contributed by atoms with van der Waals surface area (Å²) in [5, 5.41) is 72.2. The third-order valence-corrected chi connectivity index (χ3v) is 13.2. The second kappa shape index (κ2) is 45.0. The van der Waals surface area contributed by atoms with Crippen molar-refractivity contribution in [3.05, 3.63) is 72.9 Å². The van der Waals surface area contributed by atoms with Crippen molar-refractivity contribution >= 4 is 11.9 Å². The number of hydrogen-bond acceptors (Lipinski definition) is 15. The van der Waals surface area contributed by atoms with Crippen LogP contribution in [-0.2, 0) is 38.0 Å². The maximum absolute atomic E-state index is 13.0. The first-order valence-corrected chi connectivity index (χ1v) is 28.5. The topological polar surface area (TPSA) is 231 Å². The first-order chi connectivity index (χ1) is 36.0. The van der Waals surface area contributed by atoms with Gasteiger partial charge in [-0.2, -0.15) is 0 Å². The summed E-state index contributed by atoms with van der Waals surface area (Å²) in [6.07, 6.45) is 37.9. The van der Waals surface area contributed by atoms with Crippen molar-refractivity contribution in [2.24, 2.45) is 0 Å². The molecule has 15 nitrogen and oxygen atoms in total. The number of aliphatic hydroxyl groups excluding tert-OH is 7. The minimum Gasteiger partial charge on any atom is -0.462 e. The van der Waals surface area contributed by atoms with Crippen LogP contribution in [0.15, 0.2) is 72.9 Å². The molecule has 0 aliphatic carbocycles. The number of rotatable bonds is 44. The third-order valence-electron chi connectivity index (χ3n) is 13.2. The van der Waals surface area contributed by atoms with Gasteiger partial charge in [0.25, 0.3) is 0 Å². The minimum atomic E-state index is -1.78. The average Bonchev–Trinajstić information content (AvgIpc) is 3.39. The predicted molar refractivity (Wildman–Crippen MR) is 289 cm³/mol. The van der Waals surface area contributed by atoms with Crippen molar-refractivity contribution in [1.29, 1.82) is 0 Å². The van der Waals surface area contributed by atoms with Crippen LogP contribution in [0.5, 0.6) is 0 Å². The lowest BCUT2D eigenvalue weighted by Crippen LogP contribution is -2.61. The van der Waals surface area contributed by atoms with Gasteiger partial charge in [0.15, 0.2) is 18.7 Å². The fourth-order valence-electron chi connectivity index (χ4n) is 8.54. The molecule has 2 heterocycles. The van der Waals surface area contributed by atoms with Crippen LogP contribution >= 0.6 is 0 Å². The second-order valence-electron chi connectivity index (χ2n) is 19.7. The van der Waals surface area contributed by atoms with Crippen LogP contribution < -0.4 is 0 Å². The van der Waals surface area contributed by atoms with Crippen molar-refractivity contribution in [2.75, 3.05) is 26.4 Å². The Bertz CT molecular complexity index is 1560. The first kappa shape index (κ1) is 67.1. The number of esters is 2. The minimum absolute atomic E-state index is 0.0842. The highest BCUT2D eigenvalue weighted by Gasteiger charge is 2.47. The molecule has 2 rings (SSSR count). The summed E-state index contributed by atoms with van der Waals surface area (Å²) in [7, 11) is 0. The van der Waals surface area contributed by atoms with E-state index >= 15 is 0 Å². The molecule has 74 heavy (non-hydrogen) atoms. The lowest BCUT2D eigenvalue weighted by atomic mass is 9.98. The number of unbranched alkanes of at least 4 members (excludes halogenated alkanes) is 18. The Balaban J connectivity index is 1.78. The maximum Gasteiger partial charge on any atom is 0.306 e. The third kappa shape index (κ3) is 31.9. The average molecular weight is 1050 g/mol. The van der Waals surface area contributed by atoms with Crippen molar-refractivity contribution in [3.63, 3.8) is 0 Å². The number of carbonyl (C=O) groups excluding carboxylic acids is 2. The van der Waals surface area contributed by atoms with Gasteiger partial charge in [0.2, 0.25) is 0 Å². The summed E-state index contributed by atoms with van der Waals surface area (Å²) in [4.78, 5) is 25.8. The predicted octanol–water partition coefficient (Wildman–Crippen LogP) is 9.38. The molecule has 15 heteroatoms. The van der Waals surface area contributed by atoms with Gasteiger partial charge in [-0.15, -0.1) is 0 Å². The van der Waals surface area contributed by atoms with Gasteiger partial charge in [0.1, 0.15) is 55.4 Å². The molecule has 0 spiro atoms. The molecule has 0 aromatic carbocycles. The Morgan fingerprint density at radius 1 is 0.446 bits per heavy atom. The Kier molecular flexibility index (Phi) is 40.8. The summed E-state index contributed by atoms with van der Waals surface area (Å²) >= 11 is 0. The summed E-state index contributed by atoms with van der Waals surface area (Å²) in [5.74, 6) is -0.995. The molecule has 2 aliphatic rings. The zero-order chi connectivity index (χ0) is 53.9. The van der Waals surface area contributed by atoms with E-state index in [4.69, 9.17) is 28.4 Å². The van der Waals surface area contributed by atoms with Crippen LogP contribution in [0.2, 0.25) is 0 Å². The van der Waals surface area contributed by atoms with Gasteiger partial charge >= 0.3 is 11.9 Å². The molecule has 426 valence electrons. The van der Waals surface area contributed by atoms with Crippen molar-refractivity contribution in [3.8, 4) is 0 Å². The van der Waals surface area contributed by atoms with Crippen LogP contribution in [0.3, 0.4) is 0 Å². The molecule has 0 amide bonds. The van der Waals surface area contributed by atoms with Gasteiger partial charge in [0.05, 0.1) is 19.8 Å². The Hall–Kier alpha value is -3.06. The molecule has 0 saturated carbocycles. The van der Waals surface area contributed by atoms with Gasteiger partial charge in [-0.1, -0.05) is 177 Å². The molecule has 2 saturated heterocycles. The van der Waals surface area contributed by atoms with Gasteiger partial charge in [-0.3, -0.25) is 9.59 Å². The van der Waals surface area contributed by atoms with Crippen LogP contribution in [0.4, 0.5) is 0 Å². The normalized spacial score (nSPS) is 25.2. The molecular formula is C59H100O15. The number of ether oxygens (including phenoxy) is 6. The van der Waals surface area contributed by atoms with Crippen molar-refractivity contribution < 1.29 is 73.8 Å². The fraction of sp³-hybridized carbons (Fsp3) is 0.763. The van der Waals surface area contributed by atoms with Crippen LogP contribution in [-0.4, -0.2) is 142 Å². The zero-order valence-electron chi connectivity index (χ0n) is 45.3. The second-order valence-corrected chi connectivity index (χ2v) is 19.7. The molecule has 0 radical (unpaired) electrons. The molecule has 2 fully saturated rings. The lowest BCUT2D eigenvalue weighted by molar-refractivity contribution is -0.332. The number of carbonyl (C=O) groups is 2. The van der Waals surface area contributed by atoms with Gasteiger partial charge in [0, 0.05) is 12.8 Å². The standard InChI is InChI=1S/C59H100O15/c1-3-5-7-9-11-13-15-17-19-21-22-23-24-26-27-29-31-33-35-37-39-41-50(61)69-44-47(72-51(62)42-40-38-36-34-32-30-28-25-20-18-16-14-12-10-8-6-4-2)45-70-58-57(68)55(66)53(64)49(74-58)46-71-59-56(67)54(65)52(63)48(43-60)73-59/h6,8,12,14,17-20,28,30,34,36,47-49,52-60,63-68H,3-5,7,9-11,13,15-16,21-27,29,31-33,35,37-46H2,1-2H3/b8-6+,14-12+,19-17+,20-18+,30-28+,36-34+/t47-,48+,49+,52-,53-,54?,55?,56?,57?,58+,59+/m0/s1. The van der Waals surface area contributed by atoms with Crippen LogP contribution in [0, 0.1) is 0 Å². The lowest BCUT2D eigenvalue weighted by Gasteiger charge is -2.42.